The Bertz CT molecular complexity index is 460. The quantitative estimate of drug-likeness (QED) is 0.699. The third kappa shape index (κ3) is 1.37. The molecule has 0 aliphatic carbocycles. The van der Waals surface area contributed by atoms with Gasteiger partial charge in [-0.15, -0.1) is 0 Å². The highest BCUT2D eigenvalue weighted by Gasteiger charge is 2.08. The molecule has 0 unspecified atom stereocenters. The van der Waals surface area contributed by atoms with Crippen molar-refractivity contribution >= 4 is 5.69 Å². The highest BCUT2D eigenvalue weighted by atomic mass is 16.5. The van der Waals surface area contributed by atoms with Crippen molar-refractivity contribution in [1.82, 2.24) is 5.16 Å². The van der Waals surface area contributed by atoms with E-state index in [4.69, 9.17) is 10.3 Å². The SMILES string of the molecule is Cc1ccc(N)cc1-c1conc1C. The van der Waals surface area contributed by atoms with Crippen molar-refractivity contribution < 1.29 is 4.52 Å². The van der Waals surface area contributed by atoms with Crippen LogP contribution in [0.5, 0.6) is 0 Å². The second kappa shape index (κ2) is 3.18. The van der Waals surface area contributed by atoms with Crippen molar-refractivity contribution in [3.8, 4) is 11.1 Å². The van der Waals surface area contributed by atoms with Gasteiger partial charge in [0.25, 0.3) is 0 Å². The van der Waals surface area contributed by atoms with Gasteiger partial charge < -0.3 is 10.3 Å². The van der Waals surface area contributed by atoms with Crippen LogP contribution in [0.25, 0.3) is 11.1 Å². The molecular weight excluding hydrogens is 176 g/mol. The fourth-order valence-corrected chi connectivity index (χ4v) is 1.48. The summed E-state index contributed by atoms with van der Waals surface area (Å²) in [4.78, 5) is 0. The average molecular weight is 188 g/mol. The average Bonchev–Trinajstić information content (AvgIpc) is 2.56. The lowest BCUT2D eigenvalue weighted by molar-refractivity contribution is 0.415. The van der Waals surface area contributed by atoms with Crippen LogP contribution >= 0.6 is 0 Å². The van der Waals surface area contributed by atoms with Crippen LogP contribution in [0.2, 0.25) is 0 Å². The third-order valence-corrected chi connectivity index (χ3v) is 2.30. The topological polar surface area (TPSA) is 52.0 Å². The second-order valence-electron chi connectivity index (χ2n) is 3.39. The van der Waals surface area contributed by atoms with Gasteiger partial charge in [0.1, 0.15) is 6.26 Å². The van der Waals surface area contributed by atoms with E-state index in [0.717, 1.165) is 22.5 Å². The summed E-state index contributed by atoms with van der Waals surface area (Å²) >= 11 is 0. The number of nitrogens with two attached hydrogens (primary N) is 1. The minimum atomic E-state index is 0.756. The molecule has 1 heterocycles. The zero-order valence-corrected chi connectivity index (χ0v) is 8.24. The molecule has 0 saturated carbocycles. The fraction of sp³-hybridized carbons (Fsp3) is 0.182. The Kier molecular flexibility index (Phi) is 2.00. The number of benzene rings is 1. The molecule has 0 fully saturated rings. The first-order chi connectivity index (χ1) is 6.68. The Morgan fingerprint density at radius 1 is 1.21 bits per heavy atom. The fourth-order valence-electron chi connectivity index (χ4n) is 1.48. The minimum absolute atomic E-state index is 0.756. The van der Waals surface area contributed by atoms with E-state index in [-0.39, 0.29) is 0 Å². The molecule has 2 N–H and O–H groups in total. The van der Waals surface area contributed by atoms with Crippen LogP contribution < -0.4 is 5.73 Å². The third-order valence-electron chi connectivity index (χ3n) is 2.30. The Labute approximate surface area is 82.5 Å². The lowest BCUT2D eigenvalue weighted by atomic mass is 10.0. The first-order valence-electron chi connectivity index (χ1n) is 4.46. The van der Waals surface area contributed by atoms with Crippen molar-refractivity contribution in [2.24, 2.45) is 0 Å². The van der Waals surface area contributed by atoms with Gasteiger partial charge in [-0.25, -0.2) is 0 Å². The zero-order chi connectivity index (χ0) is 10.1. The van der Waals surface area contributed by atoms with Gasteiger partial charge in [0.2, 0.25) is 0 Å². The molecule has 0 radical (unpaired) electrons. The molecule has 3 nitrogen and oxygen atoms in total. The van der Waals surface area contributed by atoms with Gasteiger partial charge >= 0.3 is 0 Å². The van der Waals surface area contributed by atoms with E-state index in [2.05, 4.69) is 5.16 Å². The van der Waals surface area contributed by atoms with Crippen molar-refractivity contribution in [3.05, 3.63) is 35.7 Å². The monoisotopic (exact) mass is 188 g/mol. The first-order valence-corrected chi connectivity index (χ1v) is 4.46. The van der Waals surface area contributed by atoms with Crippen molar-refractivity contribution in [2.45, 2.75) is 13.8 Å². The summed E-state index contributed by atoms with van der Waals surface area (Å²) in [5.41, 5.74) is 10.6. The van der Waals surface area contributed by atoms with Gasteiger partial charge in [0.15, 0.2) is 0 Å². The molecule has 0 aliphatic heterocycles. The molecular formula is C11H12N2O. The smallest absolute Gasteiger partial charge is 0.131 e. The summed E-state index contributed by atoms with van der Waals surface area (Å²) < 4.78 is 4.90. The molecule has 14 heavy (non-hydrogen) atoms. The van der Waals surface area contributed by atoms with E-state index in [1.165, 1.54) is 5.56 Å². The zero-order valence-electron chi connectivity index (χ0n) is 8.24. The van der Waals surface area contributed by atoms with Gasteiger partial charge in [-0.2, -0.15) is 0 Å². The standard InChI is InChI=1S/C11H12N2O/c1-7-3-4-9(12)5-10(7)11-6-14-13-8(11)2/h3-6H,12H2,1-2H3. The number of hydrogen-bond acceptors (Lipinski definition) is 3. The van der Waals surface area contributed by atoms with E-state index in [1.54, 1.807) is 6.26 Å². The minimum Gasteiger partial charge on any atom is -0.399 e. The Morgan fingerprint density at radius 2 is 2.00 bits per heavy atom. The molecule has 3 heteroatoms. The highest BCUT2D eigenvalue weighted by Crippen LogP contribution is 2.27. The molecule has 0 aliphatic rings. The molecule has 0 bridgehead atoms. The maximum Gasteiger partial charge on any atom is 0.131 e. The van der Waals surface area contributed by atoms with Crippen LogP contribution in [0.1, 0.15) is 11.3 Å². The Hall–Kier alpha value is -1.77. The summed E-state index contributed by atoms with van der Waals surface area (Å²) in [6, 6.07) is 5.83. The molecule has 0 saturated heterocycles. The van der Waals surface area contributed by atoms with Gasteiger partial charge in [-0.3, -0.25) is 0 Å². The van der Waals surface area contributed by atoms with Gasteiger partial charge in [0.05, 0.1) is 5.69 Å². The summed E-state index contributed by atoms with van der Waals surface area (Å²) in [6.07, 6.45) is 1.65. The molecule has 0 spiro atoms. The number of rotatable bonds is 1. The van der Waals surface area contributed by atoms with Crippen LogP contribution in [-0.4, -0.2) is 5.16 Å². The summed E-state index contributed by atoms with van der Waals surface area (Å²) in [7, 11) is 0. The summed E-state index contributed by atoms with van der Waals surface area (Å²) in [5, 5.41) is 3.85. The van der Waals surface area contributed by atoms with E-state index >= 15 is 0 Å². The van der Waals surface area contributed by atoms with Crippen LogP contribution in [0.4, 0.5) is 5.69 Å². The number of aromatic nitrogens is 1. The predicted molar refractivity (Wildman–Crippen MR) is 55.8 cm³/mol. The summed E-state index contributed by atoms with van der Waals surface area (Å²) in [5.74, 6) is 0. The van der Waals surface area contributed by atoms with Crippen LogP contribution in [0.15, 0.2) is 29.0 Å². The Morgan fingerprint density at radius 3 is 2.64 bits per heavy atom. The van der Waals surface area contributed by atoms with E-state index < -0.39 is 0 Å². The second-order valence-corrected chi connectivity index (χ2v) is 3.39. The van der Waals surface area contributed by atoms with Gasteiger partial charge in [0, 0.05) is 11.3 Å². The molecule has 1 aromatic heterocycles. The maximum atomic E-state index is 5.73. The highest BCUT2D eigenvalue weighted by molar-refractivity contribution is 5.71. The molecule has 72 valence electrons. The summed E-state index contributed by atoms with van der Waals surface area (Å²) in [6.45, 7) is 3.96. The number of anilines is 1. The number of aryl methyl sites for hydroxylation is 2. The predicted octanol–water partition coefficient (Wildman–Crippen LogP) is 2.54. The van der Waals surface area contributed by atoms with E-state index in [1.807, 2.05) is 32.0 Å². The number of nitrogens with zero attached hydrogens (tertiary/aromatic N) is 1. The molecule has 0 amide bonds. The van der Waals surface area contributed by atoms with E-state index in [0.29, 0.717) is 0 Å². The van der Waals surface area contributed by atoms with Crippen LogP contribution in [0, 0.1) is 13.8 Å². The van der Waals surface area contributed by atoms with Crippen LogP contribution in [0.3, 0.4) is 0 Å². The first kappa shape index (κ1) is 8.81. The lowest BCUT2D eigenvalue weighted by Crippen LogP contribution is -1.89. The molecule has 0 atom stereocenters. The van der Waals surface area contributed by atoms with Gasteiger partial charge in [-0.1, -0.05) is 11.2 Å². The number of hydrogen-bond donors (Lipinski definition) is 1. The largest absolute Gasteiger partial charge is 0.399 e. The molecule has 2 aromatic rings. The van der Waals surface area contributed by atoms with Crippen molar-refractivity contribution in [2.75, 3.05) is 5.73 Å². The molecule has 2 rings (SSSR count). The van der Waals surface area contributed by atoms with E-state index in [9.17, 15) is 0 Å². The van der Waals surface area contributed by atoms with Crippen molar-refractivity contribution in [1.29, 1.82) is 0 Å². The Balaban J connectivity index is 2.62. The maximum absolute atomic E-state index is 5.73. The normalized spacial score (nSPS) is 10.4. The molecule has 1 aromatic carbocycles. The van der Waals surface area contributed by atoms with Crippen molar-refractivity contribution in [3.63, 3.8) is 0 Å². The lowest BCUT2D eigenvalue weighted by Gasteiger charge is -2.04. The number of nitrogen functional groups attached to an aromatic ring is 1. The van der Waals surface area contributed by atoms with Crippen LogP contribution in [-0.2, 0) is 0 Å². The van der Waals surface area contributed by atoms with Gasteiger partial charge in [-0.05, 0) is 37.1 Å².